The molecule has 0 atom stereocenters. The number of hydrogen-bond donors (Lipinski definition) is 2. The molecule has 3 aromatic rings. The zero-order valence-corrected chi connectivity index (χ0v) is 12.8. The van der Waals surface area contributed by atoms with Crippen molar-refractivity contribution in [1.82, 2.24) is 14.6 Å². The number of azo groups is 1. The highest BCUT2D eigenvalue weighted by Gasteiger charge is 2.21. The molecule has 7 nitrogen and oxygen atoms in total. The maximum atomic E-state index is 12.5. The molecule has 2 heterocycles. The van der Waals surface area contributed by atoms with Gasteiger partial charge in [0.15, 0.2) is 11.3 Å². The summed E-state index contributed by atoms with van der Waals surface area (Å²) < 4.78 is 1.34. The second-order valence-electron chi connectivity index (χ2n) is 5.41. The summed E-state index contributed by atoms with van der Waals surface area (Å²) in [6.07, 6.45) is 2.50. The van der Waals surface area contributed by atoms with Crippen LogP contribution in [0.15, 0.2) is 39.3 Å². The number of benzene rings is 1. The molecule has 0 unspecified atom stereocenters. The molecule has 1 aliphatic rings. The van der Waals surface area contributed by atoms with E-state index in [0.717, 1.165) is 30.5 Å². The van der Waals surface area contributed by atoms with Crippen LogP contribution in [0.25, 0.3) is 5.65 Å². The highest BCUT2D eigenvalue weighted by molar-refractivity contribution is 6.30. The molecule has 3 N–H and O–H groups in total. The van der Waals surface area contributed by atoms with E-state index >= 15 is 0 Å². The monoisotopic (exact) mass is 328 g/mol. The van der Waals surface area contributed by atoms with Crippen LogP contribution in [0.3, 0.4) is 0 Å². The summed E-state index contributed by atoms with van der Waals surface area (Å²) in [5.74, 6) is 0.254. The number of H-pyrrole nitrogens is 1. The van der Waals surface area contributed by atoms with Crippen LogP contribution >= 0.6 is 11.6 Å². The first-order chi connectivity index (χ1) is 11.1. The lowest BCUT2D eigenvalue weighted by Gasteiger charge is -1.99. The first kappa shape index (κ1) is 14.0. The lowest BCUT2D eigenvalue weighted by Crippen LogP contribution is -2.20. The fourth-order valence-electron chi connectivity index (χ4n) is 2.79. The number of rotatable bonds is 2. The van der Waals surface area contributed by atoms with E-state index in [-0.39, 0.29) is 11.4 Å². The van der Waals surface area contributed by atoms with Gasteiger partial charge in [0.25, 0.3) is 5.56 Å². The average molecular weight is 329 g/mol. The Balaban J connectivity index is 1.86. The molecule has 0 saturated heterocycles. The molecule has 116 valence electrons. The van der Waals surface area contributed by atoms with Gasteiger partial charge in [0.1, 0.15) is 5.82 Å². The first-order valence-electron chi connectivity index (χ1n) is 7.23. The normalized spacial score (nSPS) is 14.0. The van der Waals surface area contributed by atoms with Crippen molar-refractivity contribution in [2.24, 2.45) is 10.2 Å². The molecule has 8 heteroatoms. The van der Waals surface area contributed by atoms with Gasteiger partial charge in [-0.1, -0.05) is 17.7 Å². The minimum Gasteiger partial charge on any atom is -0.382 e. The van der Waals surface area contributed by atoms with Gasteiger partial charge in [-0.25, -0.2) is 4.98 Å². The predicted molar refractivity (Wildman–Crippen MR) is 87.9 cm³/mol. The molecular formula is C15H13ClN6O. The minimum atomic E-state index is -0.113. The van der Waals surface area contributed by atoms with Crippen LogP contribution in [0.5, 0.6) is 0 Å². The van der Waals surface area contributed by atoms with Gasteiger partial charge in [0.2, 0.25) is 0 Å². The standard InChI is InChI=1S/C15H13ClN6O/c16-8-3-1-4-9(7-8)19-20-12-13(17)21-22-14(12)18-11-6-2-5-10(11)15(22)23/h1,3-4,7,21H,2,5-6,17H2. The fraction of sp³-hybridized carbons (Fsp3) is 0.200. The molecule has 23 heavy (non-hydrogen) atoms. The van der Waals surface area contributed by atoms with Crippen molar-refractivity contribution in [3.8, 4) is 0 Å². The Labute approximate surface area is 135 Å². The van der Waals surface area contributed by atoms with Crippen molar-refractivity contribution in [2.75, 3.05) is 5.73 Å². The Morgan fingerprint density at radius 1 is 1.30 bits per heavy atom. The van der Waals surface area contributed by atoms with Crippen molar-refractivity contribution in [1.29, 1.82) is 0 Å². The minimum absolute atomic E-state index is 0.113. The number of nitrogens with one attached hydrogen (secondary N) is 1. The largest absolute Gasteiger partial charge is 0.382 e. The van der Waals surface area contributed by atoms with Crippen molar-refractivity contribution in [3.05, 3.63) is 50.9 Å². The number of nitrogens with two attached hydrogens (primary N) is 1. The number of aromatic amines is 1. The van der Waals surface area contributed by atoms with E-state index in [1.54, 1.807) is 24.3 Å². The van der Waals surface area contributed by atoms with Crippen molar-refractivity contribution in [2.45, 2.75) is 19.3 Å². The summed E-state index contributed by atoms with van der Waals surface area (Å²) in [7, 11) is 0. The van der Waals surface area contributed by atoms with Crippen LogP contribution in [0.1, 0.15) is 17.7 Å². The summed E-state index contributed by atoms with van der Waals surface area (Å²) in [5.41, 5.74) is 8.76. The first-order valence-corrected chi connectivity index (χ1v) is 7.60. The van der Waals surface area contributed by atoms with Crippen LogP contribution in [0.4, 0.5) is 17.2 Å². The van der Waals surface area contributed by atoms with Crippen molar-refractivity contribution < 1.29 is 0 Å². The number of nitrogens with zero attached hydrogens (tertiary/aromatic N) is 4. The Morgan fingerprint density at radius 2 is 2.17 bits per heavy atom. The van der Waals surface area contributed by atoms with Crippen LogP contribution in [0, 0.1) is 0 Å². The molecule has 0 radical (unpaired) electrons. The van der Waals surface area contributed by atoms with Gasteiger partial charge >= 0.3 is 0 Å². The molecule has 0 saturated carbocycles. The van der Waals surface area contributed by atoms with E-state index in [9.17, 15) is 4.79 Å². The van der Waals surface area contributed by atoms with Gasteiger partial charge < -0.3 is 5.73 Å². The van der Waals surface area contributed by atoms with Crippen LogP contribution in [-0.2, 0) is 12.8 Å². The third-order valence-electron chi connectivity index (χ3n) is 3.88. The van der Waals surface area contributed by atoms with Crippen LogP contribution < -0.4 is 11.3 Å². The van der Waals surface area contributed by atoms with Gasteiger partial charge in [-0.3, -0.25) is 9.89 Å². The molecule has 0 spiro atoms. The highest BCUT2D eigenvalue weighted by Crippen LogP contribution is 2.29. The quantitative estimate of drug-likeness (QED) is 0.706. The van der Waals surface area contributed by atoms with Gasteiger partial charge in [0, 0.05) is 10.6 Å². The fourth-order valence-corrected chi connectivity index (χ4v) is 2.98. The average Bonchev–Trinajstić information content (AvgIpc) is 3.11. The molecule has 1 aliphatic carbocycles. The molecule has 4 rings (SSSR count). The van der Waals surface area contributed by atoms with Crippen LogP contribution in [-0.4, -0.2) is 14.6 Å². The SMILES string of the molecule is Nc1[nH]n2c(=O)c3c(nc2c1N=Nc1cccc(Cl)c1)CCC3. The molecular weight excluding hydrogens is 316 g/mol. The van der Waals surface area contributed by atoms with E-state index in [4.69, 9.17) is 17.3 Å². The number of hydrogen-bond acceptors (Lipinski definition) is 5. The van der Waals surface area contributed by atoms with E-state index in [2.05, 4.69) is 20.3 Å². The molecule has 0 amide bonds. The molecule has 0 fully saturated rings. The van der Waals surface area contributed by atoms with Gasteiger partial charge in [0.05, 0.1) is 11.4 Å². The Bertz CT molecular complexity index is 1000. The number of halogens is 1. The zero-order chi connectivity index (χ0) is 16.0. The van der Waals surface area contributed by atoms with E-state index in [1.807, 2.05) is 0 Å². The maximum Gasteiger partial charge on any atom is 0.276 e. The van der Waals surface area contributed by atoms with Crippen molar-refractivity contribution >= 4 is 34.4 Å². The third-order valence-corrected chi connectivity index (χ3v) is 4.11. The smallest absolute Gasteiger partial charge is 0.276 e. The Hall–Kier alpha value is -2.67. The number of aromatic nitrogens is 3. The third kappa shape index (κ3) is 2.29. The van der Waals surface area contributed by atoms with Crippen molar-refractivity contribution in [3.63, 3.8) is 0 Å². The Kier molecular flexibility index (Phi) is 3.16. The van der Waals surface area contributed by atoms with Crippen LogP contribution in [0.2, 0.25) is 5.02 Å². The number of anilines is 1. The lowest BCUT2D eigenvalue weighted by atomic mass is 10.2. The summed E-state index contributed by atoms with van der Waals surface area (Å²) in [6.45, 7) is 0. The summed E-state index contributed by atoms with van der Waals surface area (Å²) in [6, 6.07) is 7.00. The molecule has 0 bridgehead atoms. The second-order valence-corrected chi connectivity index (χ2v) is 5.85. The predicted octanol–water partition coefficient (Wildman–Crippen LogP) is 3.16. The van der Waals surface area contributed by atoms with Gasteiger partial charge in [-0.05, 0) is 37.5 Å². The van der Waals surface area contributed by atoms with E-state index < -0.39 is 0 Å². The summed E-state index contributed by atoms with van der Waals surface area (Å²) in [4.78, 5) is 17.0. The van der Waals surface area contributed by atoms with Gasteiger partial charge in [-0.2, -0.15) is 9.63 Å². The van der Waals surface area contributed by atoms with Gasteiger partial charge in [-0.15, -0.1) is 5.11 Å². The number of fused-ring (bicyclic) bond motifs is 2. The lowest BCUT2D eigenvalue weighted by molar-refractivity contribution is 0.874. The maximum absolute atomic E-state index is 12.5. The van der Waals surface area contributed by atoms with E-state index in [1.165, 1.54) is 4.52 Å². The summed E-state index contributed by atoms with van der Waals surface area (Å²) >= 11 is 5.93. The summed E-state index contributed by atoms with van der Waals surface area (Å²) in [5, 5.41) is 11.7. The zero-order valence-electron chi connectivity index (χ0n) is 12.1. The Morgan fingerprint density at radius 3 is 3.00 bits per heavy atom. The molecule has 2 aromatic heterocycles. The highest BCUT2D eigenvalue weighted by atomic mass is 35.5. The number of aryl methyl sites for hydroxylation is 1. The topological polar surface area (TPSA) is 101 Å². The second kappa shape index (κ2) is 5.20. The number of nitrogen functional groups attached to an aromatic ring is 1. The van der Waals surface area contributed by atoms with E-state index in [0.29, 0.717) is 22.0 Å². The molecule has 1 aromatic carbocycles. The molecule has 0 aliphatic heterocycles.